The average molecular weight is 490 g/mol. The number of nitrogens with zero attached hydrogens (tertiary/aromatic N) is 3. The SMILES string of the molecule is C[Si](C)(C)n1cc(N(c2ccccc2)[Si](c2ccccc2)(c2ccccc2)c2ccccc2)cn1. The van der Waals surface area contributed by atoms with E-state index >= 15 is 0 Å². The molecule has 0 saturated heterocycles. The fourth-order valence-electron chi connectivity index (χ4n) is 4.83. The summed E-state index contributed by atoms with van der Waals surface area (Å²) in [6, 6.07) is 43.9. The van der Waals surface area contributed by atoms with E-state index in [0.29, 0.717) is 0 Å². The predicted octanol–water partition coefficient (Wildman–Crippen LogP) is 5.37. The molecule has 0 radical (unpaired) electrons. The maximum absolute atomic E-state index is 4.89. The Balaban J connectivity index is 1.91. The summed E-state index contributed by atoms with van der Waals surface area (Å²) in [7, 11) is -4.45. The molecule has 0 aliphatic carbocycles. The Morgan fingerprint density at radius 3 is 1.31 bits per heavy atom. The van der Waals surface area contributed by atoms with Gasteiger partial charge in [0.05, 0.1) is 11.9 Å². The number of anilines is 2. The Kier molecular flexibility index (Phi) is 6.28. The van der Waals surface area contributed by atoms with Crippen LogP contribution in [0.25, 0.3) is 0 Å². The van der Waals surface area contributed by atoms with Crippen molar-refractivity contribution < 1.29 is 0 Å². The minimum Gasteiger partial charge on any atom is -0.354 e. The van der Waals surface area contributed by atoms with Gasteiger partial charge in [0.1, 0.15) is 0 Å². The topological polar surface area (TPSA) is 21.1 Å². The fourth-order valence-corrected chi connectivity index (χ4v) is 10.6. The van der Waals surface area contributed by atoms with E-state index in [1.807, 2.05) is 0 Å². The third kappa shape index (κ3) is 4.29. The van der Waals surface area contributed by atoms with Gasteiger partial charge in [-0.15, -0.1) is 0 Å². The molecule has 0 bridgehead atoms. The number of hydrogen-bond donors (Lipinski definition) is 0. The highest BCUT2D eigenvalue weighted by Crippen LogP contribution is 2.32. The van der Waals surface area contributed by atoms with Gasteiger partial charge in [0.25, 0.3) is 8.24 Å². The van der Waals surface area contributed by atoms with Gasteiger partial charge >= 0.3 is 0 Å². The molecule has 4 aromatic carbocycles. The molecule has 1 aromatic heterocycles. The van der Waals surface area contributed by atoms with Crippen molar-refractivity contribution in [1.29, 1.82) is 0 Å². The van der Waals surface area contributed by atoms with Crippen LogP contribution in [0.15, 0.2) is 134 Å². The van der Waals surface area contributed by atoms with Crippen LogP contribution >= 0.6 is 0 Å². The highest BCUT2D eigenvalue weighted by molar-refractivity contribution is 7.14. The van der Waals surface area contributed by atoms with Gasteiger partial charge in [0, 0.05) is 11.9 Å². The maximum atomic E-state index is 4.89. The minimum absolute atomic E-state index is 1.13. The lowest BCUT2D eigenvalue weighted by Crippen LogP contribution is -2.76. The van der Waals surface area contributed by atoms with Crippen LogP contribution in [0.1, 0.15) is 0 Å². The van der Waals surface area contributed by atoms with E-state index in [4.69, 9.17) is 5.10 Å². The van der Waals surface area contributed by atoms with Crippen LogP contribution in [-0.2, 0) is 0 Å². The summed E-state index contributed by atoms with van der Waals surface area (Å²) in [5, 5.41) is 8.89. The van der Waals surface area contributed by atoms with E-state index in [2.05, 4.69) is 162 Å². The van der Waals surface area contributed by atoms with Crippen LogP contribution in [0, 0.1) is 0 Å². The zero-order valence-corrected chi connectivity index (χ0v) is 22.5. The summed E-state index contributed by atoms with van der Waals surface area (Å²) >= 11 is 0. The lowest BCUT2D eigenvalue weighted by molar-refractivity contribution is 0.934. The summed E-state index contributed by atoms with van der Waals surface area (Å²) in [5.74, 6) is 0. The smallest absolute Gasteiger partial charge is 0.257 e. The van der Waals surface area contributed by atoms with E-state index < -0.39 is 16.5 Å². The molecular formula is C30H31N3Si2. The Hall–Kier alpha value is -3.68. The summed E-state index contributed by atoms with van der Waals surface area (Å²) in [6.07, 6.45) is 4.32. The number of hydrogen-bond acceptors (Lipinski definition) is 2. The monoisotopic (exact) mass is 489 g/mol. The third-order valence-corrected chi connectivity index (χ3v) is 12.8. The fraction of sp³-hybridized carbons (Fsp3) is 0.100. The average Bonchev–Trinajstić information content (AvgIpc) is 3.40. The van der Waals surface area contributed by atoms with Crippen molar-refractivity contribution in [2.75, 3.05) is 4.57 Å². The van der Waals surface area contributed by atoms with E-state index in [1.54, 1.807) is 0 Å². The van der Waals surface area contributed by atoms with Gasteiger partial charge in [0.15, 0.2) is 8.24 Å². The van der Waals surface area contributed by atoms with Crippen LogP contribution < -0.4 is 20.1 Å². The maximum Gasteiger partial charge on any atom is 0.257 e. The van der Waals surface area contributed by atoms with Crippen molar-refractivity contribution >= 4 is 43.4 Å². The molecule has 5 heteroatoms. The molecule has 5 rings (SSSR count). The first-order valence-electron chi connectivity index (χ1n) is 12.1. The highest BCUT2D eigenvalue weighted by Gasteiger charge is 2.47. The van der Waals surface area contributed by atoms with Crippen molar-refractivity contribution in [3.05, 3.63) is 134 Å². The molecule has 0 amide bonds. The number of aromatic nitrogens is 2. The molecular weight excluding hydrogens is 459 g/mol. The number of para-hydroxylation sites is 1. The largest absolute Gasteiger partial charge is 0.354 e. The van der Waals surface area contributed by atoms with Gasteiger partial charge in [-0.2, -0.15) is 5.10 Å². The van der Waals surface area contributed by atoms with Crippen molar-refractivity contribution in [1.82, 2.24) is 9.45 Å². The Morgan fingerprint density at radius 1 is 0.543 bits per heavy atom. The van der Waals surface area contributed by atoms with Crippen molar-refractivity contribution in [2.24, 2.45) is 0 Å². The van der Waals surface area contributed by atoms with E-state index in [-0.39, 0.29) is 0 Å². The van der Waals surface area contributed by atoms with E-state index in [9.17, 15) is 0 Å². The van der Waals surface area contributed by atoms with Gasteiger partial charge in [-0.05, 0) is 47.3 Å². The van der Waals surface area contributed by atoms with Crippen LogP contribution in [0.2, 0.25) is 19.6 Å². The second-order valence-corrected chi connectivity index (χ2v) is 18.2. The lowest BCUT2D eigenvalue weighted by Gasteiger charge is -2.44. The summed E-state index contributed by atoms with van der Waals surface area (Å²) in [5.41, 5.74) is 2.30. The quantitative estimate of drug-likeness (QED) is 0.226. The summed E-state index contributed by atoms with van der Waals surface area (Å²) in [4.78, 5) is 0. The van der Waals surface area contributed by atoms with Gasteiger partial charge in [-0.3, -0.25) is 4.35 Å². The van der Waals surface area contributed by atoms with Crippen molar-refractivity contribution in [2.45, 2.75) is 19.6 Å². The van der Waals surface area contributed by atoms with Crippen LogP contribution in [0.5, 0.6) is 0 Å². The first kappa shape index (κ1) is 23.1. The molecule has 0 spiro atoms. The van der Waals surface area contributed by atoms with Crippen LogP contribution in [-0.4, -0.2) is 25.9 Å². The predicted molar refractivity (Wildman–Crippen MR) is 154 cm³/mol. The zero-order chi connectivity index (χ0) is 24.3. The van der Waals surface area contributed by atoms with Gasteiger partial charge in [0.2, 0.25) is 0 Å². The lowest BCUT2D eigenvalue weighted by atomic mass is 10.3. The molecule has 0 aliphatic rings. The summed E-state index contributed by atoms with van der Waals surface area (Å²) in [6.45, 7) is 6.98. The Morgan fingerprint density at radius 2 is 0.943 bits per heavy atom. The highest BCUT2D eigenvalue weighted by atomic mass is 28.3. The standard InChI is InChI=1S/C30H31N3Si2/c1-34(2,3)32-25-27(24-31-32)33(26-16-8-4-9-17-26)35(28-18-10-5-11-19-28,29-20-12-6-13-21-29)30-22-14-7-15-23-30/h4-25H,1-3H3. The van der Waals surface area contributed by atoms with Crippen LogP contribution in [0.3, 0.4) is 0 Å². The van der Waals surface area contributed by atoms with Gasteiger partial charge in [-0.1, -0.05) is 109 Å². The third-order valence-electron chi connectivity index (χ3n) is 6.44. The first-order chi connectivity index (χ1) is 17.0. The Labute approximate surface area is 210 Å². The second-order valence-electron chi connectivity index (χ2n) is 9.79. The van der Waals surface area contributed by atoms with Gasteiger partial charge < -0.3 is 4.57 Å². The van der Waals surface area contributed by atoms with Crippen LogP contribution in [0.4, 0.5) is 11.4 Å². The first-order valence-corrected chi connectivity index (χ1v) is 17.5. The molecule has 3 nitrogen and oxygen atoms in total. The molecule has 0 N–H and O–H groups in total. The number of rotatable bonds is 7. The minimum atomic E-state index is -2.79. The van der Waals surface area contributed by atoms with E-state index in [1.165, 1.54) is 21.2 Å². The molecule has 0 atom stereocenters. The molecule has 35 heavy (non-hydrogen) atoms. The normalized spacial score (nSPS) is 11.9. The second kappa shape index (κ2) is 9.52. The molecule has 0 unspecified atom stereocenters. The van der Waals surface area contributed by atoms with Gasteiger partial charge in [-0.25, -0.2) is 0 Å². The summed E-state index contributed by atoms with van der Waals surface area (Å²) < 4.78 is 4.80. The van der Waals surface area contributed by atoms with E-state index in [0.717, 1.165) is 5.69 Å². The van der Waals surface area contributed by atoms with Crippen molar-refractivity contribution in [3.8, 4) is 0 Å². The molecule has 1 heterocycles. The number of benzene rings is 4. The Bertz CT molecular complexity index is 1270. The van der Waals surface area contributed by atoms with Crippen molar-refractivity contribution in [3.63, 3.8) is 0 Å². The zero-order valence-electron chi connectivity index (χ0n) is 20.5. The molecule has 174 valence electrons. The molecule has 5 aromatic rings. The molecule has 0 fully saturated rings. The molecule has 0 aliphatic heterocycles. The molecule has 0 saturated carbocycles.